The normalized spacial score (nSPS) is 24.4. The summed E-state index contributed by atoms with van der Waals surface area (Å²) in [5.41, 5.74) is 2.43. The van der Waals surface area contributed by atoms with Crippen molar-refractivity contribution in [2.75, 3.05) is 13.2 Å². The molecule has 0 amide bonds. The molecule has 2 atom stereocenters. The lowest BCUT2D eigenvalue weighted by Crippen LogP contribution is -2.27. The SMILES string of the molecule is CCc1cc(CNCC2CCOC2C)n(C)n1. The molecule has 2 unspecified atom stereocenters. The van der Waals surface area contributed by atoms with E-state index in [2.05, 4.69) is 30.3 Å². The van der Waals surface area contributed by atoms with Crippen molar-refractivity contribution in [2.45, 2.75) is 39.3 Å². The summed E-state index contributed by atoms with van der Waals surface area (Å²) in [7, 11) is 2.01. The van der Waals surface area contributed by atoms with Gasteiger partial charge in [-0.25, -0.2) is 0 Å². The van der Waals surface area contributed by atoms with E-state index in [1.165, 1.54) is 17.8 Å². The molecule has 4 nitrogen and oxygen atoms in total. The van der Waals surface area contributed by atoms with E-state index in [1.807, 2.05) is 11.7 Å². The van der Waals surface area contributed by atoms with Gasteiger partial charge in [-0.2, -0.15) is 5.10 Å². The van der Waals surface area contributed by atoms with E-state index in [-0.39, 0.29) is 0 Å². The molecule has 1 aliphatic rings. The lowest BCUT2D eigenvalue weighted by Gasteiger charge is -2.14. The van der Waals surface area contributed by atoms with Gasteiger partial charge in [0.15, 0.2) is 0 Å². The molecule has 2 rings (SSSR count). The molecule has 2 heterocycles. The second kappa shape index (κ2) is 5.65. The maximum absolute atomic E-state index is 5.56. The molecule has 1 aromatic rings. The average Bonchev–Trinajstić information content (AvgIpc) is 2.87. The molecular formula is C13H23N3O. The zero-order valence-electron chi connectivity index (χ0n) is 11.1. The van der Waals surface area contributed by atoms with Crippen molar-refractivity contribution >= 4 is 0 Å². The number of rotatable bonds is 5. The predicted octanol–water partition coefficient (Wildman–Crippen LogP) is 1.50. The fourth-order valence-corrected chi connectivity index (χ4v) is 2.34. The monoisotopic (exact) mass is 237 g/mol. The van der Waals surface area contributed by atoms with Crippen LogP contribution in [0.4, 0.5) is 0 Å². The number of ether oxygens (including phenoxy) is 1. The van der Waals surface area contributed by atoms with Crippen molar-refractivity contribution in [3.63, 3.8) is 0 Å². The second-order valence-electron chi connectivity index (χ2n) is 4.86. The van der Waals surface area contributed by atoms with Crippen LogP contribution in [0.25, 0.3) is 0 Å². The zero-order chi connectivity index (χ0) is 12.3. The molecule has 17 heavy (non-hydrogen) atoms. The van der Waals surface area contributed by atoms with Gasteiger partial charge < -0.3 is 10.1 Å². The van der Waals surface area contributed by atoms with Crippen LogP contribution >= 0.6 is 0 Å². The number of nitrogens with one attached hydrogen (secondary N) is 1. The Labute approximate surface area is 103 Å². The maximum Gasteiger partial charge on any atom is 0.0625 e. The molecular weight excluding hydrogens is 214 g/mol. The highest BCUT2D eigenvalue weighted by Gasteiger charge is 2.23. The minimum atomic E-state index is 0.403. The third-order valence-corrected chi connectivity index (χ3v) is 3.64. The van der Waals surface area contributed by atoms with Crippen LogP contribution < -0.4 is 5.32 Å². The Balaban J connectivity index is 1.79. The van der Waals surface area contributed by atoms with Gasteiger partial charge in [-0.3, -0.25) is 4.68 Å². The zero-order valence-corrected chi connectivity index (χ0v) is 11.1. The third-order valence-electron chi connectivity index (χ3n) is 3.64. The first-order chi connectivity index (χ1) is 8.20. The van der Waals surface area contributed by atoms with E-state index < -0.39 is 0 Å². The second-order valence-corrected chi connectivity index (χ2v) is 4.86. The molecule has 96 valence electrons. The van der Waals surface area contributed by atoms with Crippen LogP contribution in [0.3, 0.4) is 0 Å². The summed E-state index contributed by atoms with van der Waals surface area (Å²) in [6, 6.07) is 2.18. The molecule has 1 aromatic heterocycles. The van der Waals surface area contributed by atoms with Crippen LogP contribution in [0.2, 0.25) is 0 Å². The fourth-order valence-electron chi connectivity index (χ4n) is 2.34. The quantitative estimate of drug-likeness (QED) is 0.843. The summed E-state index contributed by atoms with van der Waals surface area (Å²) >= 11 is 0. The van der Waals surface area contributed by atoms with E-state index in [0.29, 0.717) is 12.0 Å². The minimum Gasteiger partial charge on any atom is -0.378 e. The van der Waals surface area contributed by atoms with E-state index in [1.54, 1.807) is 0 Å². The van der Waals surface area contributed by atoms with Crippen molar-refractivity contribution in [2.24, 2.45) is 13.0 Å². The largest absolute Gasteiger partial charge is 0.378 e. The predicted molar refractivity (Wildman–Crippen MR) is 67.8 cm³/mol. The Morgan fingerprint density at radius 3 is 3.00 bits per heavy atom. The summed E-state index contributed by atoms with van der Waals surface area (Å²) in [5.74, 6) is 0.661. The van der Waals surface area contributed by atoms with Crippen LogP contribution in [0.15, 0.2) is 6.07 Å². The van der Waals surface area contributed by atoms with Gasteiger partial charge in [-0.1, -0.05) is 6.92 Å². The number of aryl methyl sites for hydroxylation is 2. The average molecular weight is 237 g/mol. The van der Waals surface area contributed by atoms with Crippen LogP contribution in [-0.4, -0.2) is 29.0 Å². The fraction of sp³-hybridized carbons (Fsp3) is 0.769. The van der Waals surface area contributed by atoms with Crippen molar-refractivity contribution in [3.05, 3.63) is 17.5 Å². The summed E-state index contributed by atoms with van der Waals surface area (Å²) in [6.07, 6.45) is 2.58. The number of aromatic nitrogens is 2. The molecule has 1 saturated heterocycles. The summed E-state index contributed by atoms with van der Waals surface area (Å²) in [5, 5.41) is 7.96. The lowest BCUT2D eigenvalue weighted by molar-refractivity contribution is 0.105. The van der Waals surface area contributed by atoms with Gasteiger partial charge in [0.2, 0.25) is 0 Å². The van der Waals surface area contributed by atoms with Crippen LogP contribution in [0, 0.1) is 5.92 Å². The first-order valence-corrected chi connectivity index (χ1v) is 6.54. The van der Waals surface area contributed by atoms with Gasteiger partial charge in [0, 0.05) is 26.7 Å². The molecule has 0 aromatic carbocycles. The molecule has 1 fully saturated rings. The number of nitrogens with zero attached hydrogens (tertiary/aromatic N) is 2. The van der Waals surface area contributed by atoms with Crippen molar-refractivity contribution in [1.29, 1.82) is 0 Å². The highest BCUT2D eigenvalue weighted by atomic mass is 16.5. The highest BCUT2D eigenvalue weighted by Crippen LogP contribution is 2.19. The Hall–Kier alpha value is -0.870. The smallest absolute Gasteiger partial charge is 0.0625 e. The van der Waals surface area contributed by atoms with Gasteiger partial charge in [0.25, 0.3) is 0 Å². The molecule has 0 saturated carbocycles. The Morgan fingerprint density at radius 1 is 1.59 bits per heavy atom. The van der Waals surface area contributed by atoms with Gasteiger partial charge in [-0.15, -0.1) is 0 Å². The lowest BCUT2D eigenvalue weighted by atomic mass is 10.0. The van der Waals surface area contributed by atoms with Gasteiger partial charge in [0.1, 0.15) is 0 Å². The molecule has 1 aliphatic heterocycles. The molecule has 0 aliphatic carbocycles. The Morgan fingerprint density at radius 2 is 2.41 bits per heavy atom. The topological polar surface area (TPSA) is 39.1 Å². The van der Waals surface area contributed by atoms with Crippen LogP contribution in [-0.2, 0) is 24.8 Å². The number of hydrogen-bond donors (Lipinski definition) is 1. The molecule has 1 N–H and O–H groups in total. The van der Waals surface area contributed by atoms with Gasteiger partial charge >= 0.3 is 0 Å². The van der Waals surface area contributed by atoms with Crippen molar-refractivity contribution < 1.29 is 4.74 Å². The van der Waals surface area contributed by atoms with Gasteiger partial charge in [-0.05, 0) is 31.7 Å². The number of hydrogen-bond acceptors (Lipinski definition) is 3. The summed E-state index contributed by atoms with van der Waals surface area (Å²) in [4.78, 5) is 0. The standard InChI is InChI=1S/C13H23N3O/c1-4-12-7-13(16(3)15-12)9-14-8-11-5-6-17-10(11)2/h7,10-11,14H,4-6,8-9H2,1-3H3. The van der Waals surface area contributed by atoms with Crippen LogP contribution in [0.1, 0.15) is 31.7 Å². The molecule has 0 bridgehead atoms. The van der Waals surface area contributed by atoms with E-state index in [9.17, 15) is 0 Å². The van der Waals surface area contributed by atoms with Crippen molar-refractivity contribution in [3.8, 4) is 0 Å². The van der Waals surface area contributed by atoms with E-state index in [0.717, 1.165) is 26.1 Å². The van der Waals surface area contributed by atoms with Crippen LogP contribution in [0.5, 0.6) is 0 Å². The molecule has 0 radical (unpaired) electrons. The van der Waals surface area contributed by atoms with Crippen molar-refractivity contribution in [1.82, 2.24) is 15.1 Å². The molecule has 4 heteroatoms. The Bertz CT molecular complexity index is 362. The first kappa shape index (κ1) is 12.6. The van der Waals surface area contributed by atoms with Gasteiger partial charge in [0.05, 0.1) is 17.5 Å². The third kappa shape index (κ3) is 3.07. The maximum atomic E-state index is 5.56. The summed E-state index contributed by atoms with van der Waals surface area (Å²) < 4.78 is 7.53. The first-order valence-electron chi connectivity index (χ1n) is 6.54. The molecule has 0 spiro atoms. The summed E-state index contributed by atoms with van der Waals surface area (Å²) in [6.45, 7) is 7.15. The minimum absolute atomic E-state index is 0.403. The van der Waals surface area contributed by atoms with E-state index in [4.69, 9.17) is 4.74 Å². The Kier molecular flexibility index (Phi) is 4.18. The highest BCUT2D eigenvalue weighted by molar-refractivity contribution is 5.09. The van der Waals surface area contributed by atoms with E-state index >= 15 is 0 Å².